The molecular formula is C30H60O3. The highest BCUT2D eigenvalue weighted by Crippen LogP contribution is 2.13. The van der Waals surface area contributed by atoms with Crippen molar-refractivity contribution in [2.24, 2.45) is 0 Å². The summed E-state index contributed by atoms with van der Waals surface area (Å²) >= 11 is 0. The molecule has 0 aliphatic heterocycles. The Morgan fingerprint density at radius 3 is 1.21 bits per heavy atom. The zero-order chi connectivity index (χ0) is 24.1. The van der Waals surface area contributed by atoms with Crippen LogP contribution < -0.4 is 0 Å². The lowest BCUT2D eigenvalue weighted by molar-refractivity contribution is -0.145. The van der Waals surface area contributed by atoms with E-state index in [2.05, 4.69) is 13.8 Å². The van der Waals surface area contributed by atoms with Crippen LogP contribution in [-0.2, 0) is 14.3 Å². The monoisotopic (exact) mass is 468 g/mol. The minimum atomic E-state index is -0.0557. The van der Waals surface area contributed by atoms with Gasteiger partial charge in [0, 0.05) is 13.0 Å². The average molecular weight is 469 g/mol. The van der Waals surface area contributed by atoms with E-state index in [1.54, 1.807) is 0 Å². The van der Waals surface area contributed by atoms with Gasteiger partial charge in [-0.15, -0.1) is 0 Å². The molecule has 0 radical (unpaired) electrons. The first-order valence-electron chi connectivity index (χ1n) is 15.0. The van der Waals surface area contributed by atoms with Gasteiger partial charge in [-0.25, -0.2) is 0 Å². The largest absolute Gasteiger partial charge is 0.463 e. The van der Waals surface area contributed by atoms with Gasteiger partial charge in [0.05, 0.1) is 6.61 Å². The Kier molecular flexibility index (Phi) is 29.0. The molecule has 0 unspecified atom stereocenters. The number of esters is 1. The zero-order valence-electron chi connectivity index (χ0n) is 22.8. The van der Waals surface area contributed by atoms with Crippen LogP contribution in [0.1, 0.15) is 168 Å². The summed E-state index contributed by atoms with van der Waals surface area (Å²) in [5.74, 6) is -0.0557. The Balaban J connectivity index is 3.13. The average Bonchev–Trinajstić information content (AvgIpc) is 2.82. The molecule has 0 amide bonds. The van der Waals surface area contributed by atoms with E-state index in [1.165, 1.54) is 128 Å². The number of hydrogen-bond acceptors (Lipinski definition) is 3. The van der Waals surface area contributed by atoms with Gasteiger partial charge in [-0.2, -0.15) is 0 Å². The first-order chi connectivity index (χ1) is 16.3. The fourth-order valence-corrected chi connectivity index (χ4v) is 4.37. The lowest BCUT2D eigenvalue weighted by Gasteiger charge is -2.07. The lowest BCUT2D eigenvalue weighted by Crippen LogP contribution is -2.10. The van der Waals surface area contributed by atoms with E-state index in [-0.39, 0.29) is 5.97 Å². The summed E-state index contributed by atoms with van der Waals surface area (Å²) in [6.07, 6.45) is 31.3. The van der Waals surface area contributed by atoms with E-state index in [0.717, 1.165) is 25.9 Å². The van der Waals surface area contributed by atoms with E-state index in [0.29, 0.717) is 19.6 Å². The predicted octanol–water partition coefficient (Wildman–Crippen LogP) is 9.95. The molecule has 33 heavy (non-hydrogen) atoms. The SMILES string of the molecule is CCCCCCCCCCCCCCOCCOC(=O)CCCCCCCCCCCCC. The lowest BCUT2D eigenvalue weighted by atomic mass is 10.1. The number of carbonyl (C=O) groups is 1. The molecule has 0 fully saturated rings. The molecule has 3 nitrogen and oxygen atoms in total. The number of ether oxygens (including phenoxy) is 2. The molecule has 0 rings (SSSR count). The van der Waals surface area contributed by atoms with Crippen LogP contribution in [0.2, 0.25) is 0 Å². The molecule has 198 valence electrons. The van der Waals surface area contributed by atoms with Crippen molar-refractivity contribution >= 4 is 5.97 Å². The Bertz CT molecular complexity index is 370. The van der Waals surface area contributed by atoms with Crippen molar-refractivity contribution < 1.29 is 14.3 Å². The van der Waals surface area contributed by atoms with Gasteiger partial charge in [-0.05, 0) is 12.8 Å². The second-order valence-corrected chi connectivity index (χ2v) is 10.0. The van der Waals surface area contributed by atoms with Crippen LogP contribution in [0, 0.1) is 0 Å². The van der Waals surface area contributed by atoms with Gasteiger partial charge < -0.3 is 9.47 Å². The summed E-state index contributed by atoms with van der Waals surface area (Å²) in [7, 11) is 0. The minimum Gasteiger partial charge on any atom is -0.463 e. The summed E-state index contributed by atoms with van der Waals surface area (Å²) < 4.78 is 10.9. The topological polar surface area (TPSA) is 35.5 Å². The van der Waals surface area contributed by atoms with Crippen molar-refractivity contribution in [1.82, 2.24) is 0 Å². The highest BCUT2D eigenvalue weighted by molar-refractivity contribution is 5.69. The Labute approximate surface area is 208 Å². The van der Waals surface area contributed by atoms with Gasteiger partial charge in [0.2, 0.25) is 0 Å². The predicted molar refractivity (Wildman–Crippen MR) is 144 cm³/mol. The minimum absolute atomic E-state index is 0.0557. The van der Waals surface area contributed by atoms with Crippen LogP contribution >= 0.6 is 0 Å². The third-order valence-electron chi connectivity index (χ3n) is 6.62. The summed E-state index contributed by atoms with van der Waals surface area (Å²) in [5, 5.41) is 0. The third kappa shape index (κ3) is 29.4. The molecule has 0 aliphatic carbocycles. The molecule has 3 heteroatoms. The van der Waals surface area contributed by atoms with Gasteiger partial charge in [0.1, 0.15) is 6.61 Å². The van der Waals surface area contributed by atoms with Gasteiger partial charge >= 0.3 is 5.97 Å². The standard InChI is InChI=1S/C30H60O3/c1-3-5-7-9-11-13-15-17-19-21-23-25-27-32-28-29-33-30(31)26-24-22-20-18-16-14-12-10-8-6-4-2/h3-29H2,1-2H3. The van der Waals surface area contributed by atoms with E-state index >= 15 is 0 Å². The number of carbonyl (C=O) groups excluding carboxylic acids is 1. The van der Waals surface area contributed by atoms with Crippen LogP contribution in [-0.4, -0.2) is 25.8 Å². The quantitative estimate of drug-likeness (QED) is 0.0846. The van der Waals surface area contributed by atoms with Crippen molar-refractivity contribution in [3.8, 4) is 0 Å². The van der Waals surface area contributed by atoms with Crippen LogP contribution in [0.5, 0.6) is 0 Å². The van der Waals surface area contributed by atoms with E-state index < -0.39 is 0 Å². The highest BCUT2D eigenvalue weighted by atomic mass is 16.6. The molecule has 0 aliphatic rings. The summed E-state index contributed by atoms with van der Waals surface area (Å²) in [6.45, 7) is 6.30. The first-order valence-corrected chi connectivity index (χ1v) is 15.0. The number of rotatable bonds is 28. The molecule has 0 aromatic carbocycles. The second kappa shape index (κ2) is 29.5. The molecule has 0 atom stereocenters. The maximum atomic E-state index is 11.8. The van der Waals surface area contributed by atoms with Crippen molar-refractivity contribution in [1.29, 1.82) is 0 Å². The maximum Gasteiger partial charge on any atom is 0.305 e. The normalized spacial score (nSPS) is 11.2. The molecular weight excluding hydrogens is 408 g/mol. The molecule has 0 saturated carbocycles. The van der Waals surface area contributed by atoms with Gasteiger partial charge in [0.25, 0.3) is 0 Å². The smallest absolute Gasteiger partial charge is 0.305 e. The molecule has 0 heterocycles. The number of unbranched alkanes of at least 4 members (excludes halogenated alkanes) is 21. The summed E-state index contributed by atoms with van der Waals surface area (Å²) in [6, 6.07) is 0. The molecule has 0 N–H and O–H groups in total. The van der Waals surface area contributed by atoms with Crippen molar-refractivity contribution in [3.05, 3.63) is 0 Å². The molecule has 0 saturated heterocycles. The van der Waals surface area contributed by atoms with E-state index in [4.69, 9.17) is 9.47 Å². The van der Waals surface area contributed by atoms with Gasteiger partial charge in [-0.3, -0.25) is 4.79 Å². The third-order valence-corrected chi connectivity index (χ3v) is 6.62. The van der Waals surface area contributed by atoms with Crippen molar-refractivity contribution in [2.45, 2.75) is 168 Å². The Morgan fingerprint density at radius 1 is 0.424 bits per heavy atom. The Morgan fingerprint density at radius 2 is 0.788 bits per heavy atom. The first kappa shape index (κ1) is 32.4. The van der Waals surface area contributed by atoms with E-state index in [1.807, 2.05) is 0 Å². The van der Waals surface area contributed by atoms with Crippen LogP contribution in [0.25, 0.3) is 0 Å². The molecule has 0 spiro atoms. The van der Waals surface area contributed by atoms with Gasteiger partial charge in [-0.1, -0.05) is 149 Å². The molecule has 0 aromatic heterocycles. The van der Waals surface area contributed by atoms with Crippen LogP contribution in [0.15, 0.2) is 0 Å². The summed E-state index contributed by atoms with van der Waals surface area (Å²) in [5.41, 5.74) is 0. The zero-order valence-corrected chi connectivity index (χ0v) is 22.8. The van der Waals surface area contributed by atoms with Gasteiger partial charge in [0.15, 0.2) is 0 Å². The van der Waals surface area contributed by atoms with Crippen molar-refractivity contribution in [3.63, 3.8) is 0 Å². The maximum absolute atomic E-state index is 11.8. The van der Waals surface area contributed by atoms with Crippen LogP contribution in [0.4, 0.5) is 0 Å². The fraction of sp³-hybridized carbons (Fsp3) is 0.967. The van der Waals surface area contributed by atoms with Crippen LogP contribution in [0.3, 0.4) is 0 Å². The molecule has 0 aromatic rings. The molecule has 0 bridgehead atoms. The highest BCUT2D eigenvalue weighted by Gasteiger charge is 2.02. The van der Waals surface area contributed by atoms with Crippen molar-refractivity contribution in [2.75, 3.05) is 19.8 Å². The number of hydrogen-bond donors (Lipinski definition) is 0. The fourth-order valence-electron chi connectivity index (χ4n) is 4.37. The van der Waals surface area contributed by atoms with E-state index in [9.17, 15) is 4.79 Å². The second-order valence-electron chi connectivity index (χ2n) is 10.0. The Hall–Kier alpha value is -0.570. The summed E-state index contributed by atoms with van der Waals surface area (Å²) in [4.78, 5) is 11.8.